The molecular weight excluding hydrogens is 326 g/mol. The van der Waals surface area contributed by atoms with Crippen LogP contribution < -0.4 is 5.32 Å². The Balaban J connectivity index is 1.65. The average molecular weight is 344 g/mol. The Bertz CT molecular complexity index is 812. The van der Waals surface area contributed by atoms with Crippen LogP contribution in [-0.4, -0.2) is 32.2 Å². The maximum atomic E-state index is 12.5. The fourth-order valence-corrected chi connectivity index (χ4v) is 2.69. The molecule has 1 amide bonds. The van der Waals surface area contributed by atoms with Gasteiger partial charge in [0.2, 0.25) is 0 Å². The average Bonchev–Trinajstić information content (AvgIpc) is 3.24. The lowest BCUT2D eigenvalue weighted by Gasteiger charge is -2.13. The molecule has 24 heavy (non-hydrogen) atoms. The van der Waals surface area contributed by atoms with E-state index in [0.29, 0.717) is 22.8 Å². The van der Waals surface area contributed by atoms with E-state index in [4.69, 9.17) is 11.6 Å². The Morgan fingerprint density at radius 1 is 1.46 bits per heavy atom. The van der Waals surface area contributed by atoms with Crippen LogP contribution in [0.1, 0.15) is 17.3 Å². The van der Waals surface area contributed by atoms with Crippen LogP contribution in [0.2, 0.25) is 5.02 Å². The van der Waals surface area contributed by atoms with Gasteiger partial charge in [0.1, 0.15) is 0 Å². The zero-order chi connectivity index (χ0) is 16.9. The SMILES string of the molecule is C[C@@H](CNC(=O)c1cn[nH]c1-c1cccc(Cl)c1)Cn1ccnc1. The molecule has 0 spiro atoms. The summed E-state index contributed by atoms with van der Waals surface area (Å²) < 4.78 is 1.99. The minimum Gasteiger partial charge on any atom is -0.352 e. The molecule has 0 radical (unpaired) electrons. The lowest BCUT2D eigenvalue weighted by atomic mass is 10.1. The van der Waals surface area contributed by atoms with E-state index in [1.807, 2.05) is 22.9 Å². The Morgan fingerprint density at radius 2 is 2.33 bits per heavy atom. The number of aromatic nitrogens is 4. The van der Waals surface area contributed by atoms with Crippen molar-refractivity contribution < 1.29 is 4.79 Å². The number of amides is 1. The normalized spacial score (nSPS) is 12.1. The molecule has 2 aromatic heterocycles. The van der Waals surface area contributed by atoms with Crippen LogP contribution in [0, 0.1) is 5.92 Å². The summed E-state index contributed by atoms with van der Waals surface area (Å²) in [5.41, 5.74) is 2.00. The highest BCUT2D eigenvalue weighted by Gasteiger charge is 2.16. The molecule has 1 atom stereocenters. The Morgan fingerprint density at radius 3 is 3.08 bits per heavy atom. The molecule has 0 fully saturated rings. The lowest BCUT2D eigenvalue weighted by molar-refractivity contribution is 0.0947. The first-order chi connectivity index (χ1) is 11.6. The molecule has 0 saturated heterocycles. The summed E-state index contributed by atoms with van der Waals surface area (Å²) in [7, 11) is 0. The summed E-state index contributed by atoms with van der Waals surface area (Å²) in [5, 5.41) is 10.4. The second-order valence-corrected chi connectivity index (χ2v) is 6.18. The second kappa shape index (κ2) is 7.31. The van der Waals surface area contributed by atoms with Gasteiger partial charge < -0.3 is 9.88 Å². The second-order valence-electron chi connectivity index (χ2n) is 5.74. The van der Waals surface area contributed by atoms with Crippen LogP contribution in [0.5, 0.6) is 0 Å². The summed E-state index contributed by atoms with van der Waals surface area (Å²) in [5.74, 6) is 0.126. The van der Waals surface area contributed by atoms with E-state index in [1.165, 1.54) is 6.20 Å². The number of aromatic amines is 1. The summed E-state index contributed by atoms with van der Waals surface area (Å²) in [6.07, 6.45) is 6.96. The van der Waals surface area contributed by atoms with E-state index in [1.54, 1.807) is 24.7 Å². The highest BCUT2D eigenvalue weighted by Crippen LogP contribution is 2.23. The van der Waals surface area contributed by atoms with E-state index in [9.17, 15) is 4.79 Å². The summed E-state index contributed by atoms with van der Waals surface area (Å²) in [6.45, 7) is 3.44. The van der Waals surface area contributed by atoms with Crippen molar-refractivity contribution in [2.24, 2.45) is 5.92 Å². The van der Waals surface area contributed by atoms with Gasteiger partial charge in [-0.2, -0.15) is 5.10 Å². The largest absolute Gasteiger partial charge is 0.352 e. The smallest absolute Gasteiger partial charge is 0.255 e. The summed E-state index contributed by atoms with van der Waals surface area (Å²) in [6, 6.07) is 7.32. The third kappa shape index (κ3) is 3.83. The van der Waals surface area contributed by atoms with E-state index < -0.39 is 0 Å². The molecule has 124 valence electrons. The molecule has 3 aromatic rings. The summed E-state index contributed by atoms with van der Waals surface area (Å²) in [4.78, 5) is 16.5. The van der Waals surface area contributed by atoms with Crippen LogP contribution in [0.4, 0.5) is 0 Å². The van der Waals surface area contributed by atoms with Gasteiger partial charge >= 0.3 is 0 Å². The van der Waals surface area contributed by atoms with Gasteiger partial charge in [0.15, 0.2) is 0 Å². The molecule has 3 rings (SSSR count). The quantitative estimate of drug-likeness (QED) is 0.722. The summed E-state index contributed by atoms with van der Waals surface area (Å²) >= 11 is 6.02. The number of imidazole rings is 1. The van der Waals surface area contributed by atoms with Gasteiger partial charge in [-0.25, -0.2) is 4.98 Å². The van der Waals surface area contributed by atoms with Crippen LogP contribution in [0.25, 0.3) is 11.3 Å². The van der Waals surface area contributed by atoms with Gasteiger partial charge in [0, 0.05) is 36.1 Å². The van der Waals surface area contributed by atoms with Gasteiger partial charge in [-0.1, -0.05) is 30.7 Å². The number of rotatable bonds is 6. The molecule has 2 heterocycles. The minimum atomic E-state index is -0.156. The predicted molar refractivity (Wildman–Crippen MR) is 92.8 cm³/mol. The first kappa shape index (κ1) is 16.3. The highest BCUT2D eigenvalue weighted by atomic mass is 35.5. The lowest BCUT2D eigenvalue weighted by Crippen LogP contribution is -2.30. The van der Waals surface area contributed by atoms with E-state index in [-0.39, 0.29) is 11.8 Å². The van der Waals surface area contributed by atoms with Crippen molar-refractivity contribution in [1.82, 2.24) is 25.1 Å². The highest BCUT2D eigenvalue weighted by molar-refractivity contribution is 6.30. The minimum absolute atomic E-state index is 0.156. The van der Waals surface area contributed by atoms with Crippen molar-refractivity contribution in [2.75, 3.05) is 6.54 Å². The number of hydrogen-bond donors (Lipinski definition) is 2. The zero-order valence-electron chi connectivity index (χ0n) is 13.2. The van der Waals surface area contributed by atoms with Crippen LogP contribution in [0.3, 0.4) is 0 Å². The van der Waals surface area contributed by atoms with Crippen LogP contribution >= 0.6 is 11.6 Å². The number of halogens is 1. The first-order valence-electron chi connectivity index (χ1n) is 7.66. The number of nitrogens with zero attached hydrogens (tertiary/aromatic N) is 3. The van der Waals surface area contributed by atoms with E-state index in [0.717, 1.165) is 12.1 Å². The number of carbonyl (C=O) groups is 1. The number of carbonyl (C=O) groups excluding carboxylic acids is 1. The van der Waals surface area contributed by atoms with Crippen molar-refractivity contribution >= 4 is 17.5 Å². The Hall–Kier alpha value is -2.60. The standard InChI is InChI=1S/C17H18ClN5O/c1-12(10-23-6-5-19-11-23)8-20-17(24)15-9-21-22-16(15)13-3-2-4-14(18)7-13/h2-7,9,11-12H,8,10H2,1H3,(H,20,24)(H,21,22)/t12-/m0/s1. The molecule has 0 unspecified atom stereocenters. The molecule has 0 aliphatic carbocycles. The van der Waals surface area contributed by atoms with Crippen LogP contribution in [0.15, 0.2) is 49.2 Å². The molecule has 7 heteroatoms. The molecule has 0 saturated carbocycles. The fourth-order valence-electron chi connectivity index (χ4n) is 2.50. The zero-order valence-corrected chi connectivity index (χ0v) is 14.0. The monoisotopic (exact) mass is 343 g/mol. The molecule has 6 nitrogen and oxygen atoms in total. The molecule has 2 N–H and O–H groups in total. The topological polar surface area (TPSA) is 75.6 Å². The maximum absolute atomic E-state index is 12.5. The van der Waals surface area contributed by atoms with Gasteiger partial charge in [-0.3, -0.25) is 9.89 Å². The number of hydrogen-bond acceptors (Lipinski definition) is 3. The third-order valence-corrected chi connectivity index (χ3v) is 3.93. The van der Waals surface area contributed by atoms with Gasteiger partial charge in [0.05, 0.1) is 23.8 Å². The van der Waals surface area contributed by atoms with Gasteiger partial charge in [-0.05, 0) is 18.1 Å². The van der Waals surface area contributed by atoms with Crippen molar-refractivity contribution in [2.45, 2.75) is 13.5 Å². The third-order valence-electron chi connectivity index (χ3n) is 3.69. The molecule has 0 bridgehead atoms. The molecule has 0 aliphatic heterocycles. The van der Waals surface area contributed by atoms with Crippen molar-refractivity contribution in [1.29, 1.82) is 0 Å². The van der Waals surface area contributed by atoms with Crippen molar-refractivity contribution in [3.8, 4) is 11.3 Å². The fraction of sp³-hybridized carbons (Fsp3) is 0.235. The number of nitrogens with one attached hydrogen (secondary N) is 2. The van der Waals surface area contributed by atoms with Crippen molar-refractivity contribution in [3.05, 3.63) is 59.8 Å². The van der Waals surface area contributed by atoms with E-state index in [2.05, 4.69) is 27.4 Å². The molecular formula is C17H18ClN5O. The van der Waals surface area contributed by atoms with E-state index >= 15 is 0 Å². The predicted octanol–water partition coefficient (Wildman–Crippen LogP) is 2.99. The Kier molecular flexibility index (Phi) is 4.96. The maximum Gasteiger partial charge on any atom is 0.255 e. The van der Waals surface area contributed by atoms with Gasteiger partial charge in [0.25, 0.3) is 5.91 Å². The first-order valence-corrected chi connectivity index (χ1v) is 8.04. The Labute approximate surface area is 144 Å². The van der Waals surface area contributed by atoms with Crippen LogP contribution in [-0.2, 0) is 6.54 Å². The number of benzene rings is 1. The number of H-pyrrole nitrogens is 1. The van der Waals surface area contributed by atoms with Crippen molar-refractivity contribution in [3.63, 3.8) is 0 Å². The molecule has 1 aromatic carbocycles. The molecule has 0 aliphatic rings. The van der Waals surface area contributed by atoms with Gasteiger partial charge in [-0.15, -0.1) is 0 Å².